The zero-order valence-corrected chi connectivity index (χ0v) is 12.3. The van der Waals surface area contributed by atoms with Gasteiger partial charge in [-0.1, -0.05) is 0 Å². The van der Waals surface area contributed by atoms with Gasteiger partial charge in [-0.15, -0.1) is 0 Å². The highest BCUT2D eigenvalue weighted by atomic mass is 19.3. The zero-order valence-electron chi connectivity index (χ0n) is 12.3. The van der Waals surface area contributed by atoms with Gasteiger partial charge in [0.15, 0.2) is 17.4 Å². The number of anilines is 1. The molecule has 0 unspecified atom stereocenters. The van der Waals surface area contributed by atoms with Crippen molar-refractivity contribution in [2.75, 3.05) is 19.0 Å². The monoisotopic (exact) mass is 336 g/mol. The minimum Gasteiger partial charge on any atom is -0.432 e. The standard InChI is InChI=1S/C14H16F4N2O3/c1-22-7-14(3-2-4-14)20-13(21)19-10-5-9(16)11(6-8(10)15)23-12(17)18/h5-6,12H,2-4,7H2,1H3,(H2,19,20,21). The molecule has 9 heteroatoms. The molecule has 0 aromatic heterocycles. The highest BCUT2D eigenvalue weighted by Gasteiger charge is 2.38. The Hall–Kier alpha value is -2.03. The van der Waals surface area contributed by atoms with Crippen molar-refractivity contribution in [1.29, 1.82) is 0 Å². The van der Waals surface area contributed by atoms with E-state index in [1.165, 1.54) is 7.11 Å². The third-order valence-electron chi connectivity index (χ3n) is 3.60. The fourth-order valence-electron chi connectivity index (χ4n) is 2.39. The summed E-state index contributed by atoms with van der Waals surface area (Å²) in [6, 6.07) is 0.296. The van der Waals surface area contributed by atoms with E-state index in [4.69, 9.17) is 4.74 Å². The first kappa shape index (κ1) is 17.3. The molecule has 23 heavy (non-hydrogen) atoms. The van der Waals surface area contributed by atoms with Gasteiger partial charge in [0, 0.05) is 19.2 Å². The molecule has 1 fully saturated rings. The van der Waals surface area contributed by atoms with Crippen LogP contribution in [0.15, 0.2) is 12.1 Å². The van der Waals surface area contributed by atoms with Gasteiger partial charge in [0.2, 0.25) is 0 Å². The van der Waals surface area contributed by atoms with Crippen molar-refractivity contribution in [2.45, 2.75) is 31.4 Å². The second-order valence-corrected chi connectivity index (χ2v) is 5.29. The van der Waals surface area contributed by atoms with Crippen molar-refractivity contribution in [1.82, 2.24) is 5.32 Å². The molecule has 1 saturated carbocycles. The second-order valence-electron chi connectivity index (χ2n) is 5.29. The molecule has 2 N–H and O–H groups in total. The molecular weight excluding hydrogens is 320 g/mol. The van der Waals surface area contributed by atoms with Gasteiger partial charge in [-0.25, -0.2) is 13.6 Å². The van der Waals surface area contributed by atoms with Crippen LogP contribution in [0.4, 0.5) is 28.0 Å². The number of benzene rings is 1. The van der Waals surface area contributed by atoms with E-state index in [9.17, 15) is 22.4 Å². The van der Waals surface area contributed by atoms with Crippen molar-refractivity contribution in [3.63, 3.8) is 0 Å². The summed E-state index contributed by atoms with van der Waals surface area (Å²) in [6.07, 6.45) is 2.35. The Balaban J connectivity index is 2.04. The molecule has 0 radical (unpaired) electrons. The van der Waals surface area contributed by atoms with Crippen molar-refractivity contribution in [3.8, 4) is 5.75 Å². The van der Waals surface area contributed by atoms with Gasteiger partial charge in [-0.2, -0.15) is 8.78 Å². The summed E-state index contributed by atoms with van der Waals surface area (Å²) in [5.41, 5.74) is -0.999. The molecule has 0 heterocycles. The Labute approximate surface area is 129 Å². The van der Waals surface area contributed by atoms with E-state index < -0.39 is 41.3 Å². The molecule has 128 valence electrons. The number of halogens is 4. The smallest absolute Gasteiger partial charge is 0.387 e. The highest BCUT2D eigenvalue weighted by Crippen LogP contribution is 2.32. The van der Waals surface area contributed by atoms with Crippen LogP contribution in [-0.4, -0.2) is 31.9 Å². The maximum atomic E-state index is 13.8. The molecule has 1 aromatic rings. The van der Waals surface area contributed by atoms with E-state index in [0.29, 0.717) is 31.6 Å². The summed E-state index contributed by atoms with van der Waals surface area (Å²) in [5.74, 6) is -3.23. The lowest BCUT2D eigenvalue weighted by atomic mass is 9.77. The van der Waals surface area contributed by atoms with Crippen molar-refractivity contribution >= 4 is 11.7 Å². The van der Waals surface area contributed by atoms with E-state index in [1.807, 2.05) is 0 Å². The quantitative estimate of drug-likeness (QED) is 0.784. The third kappa shape index (κ3) is 4.25. The molecule has 2 rings (SSSR count). The number of hydrogen-bond acceptors (Lipinski definition) is 3. The summed E-state index contributed by atoms with van der Waals surface area (Å²) in [4.78, 5) is 11.9. The third-order valence-corrected chi connectivity index (χ3v) is 3.60. The number of amides is 2. The molecule has 5 nitrogen and oxygen atoms in total. The van der Waals surface area contributed by atoms with Crippen LogP contribution in [-0.2, 0) is 4.74 Å². The minimum atomic E-state index is -3.28. The van der Waals surface area contributed by atoms with Crippen LogP contribution in [0.1, 0.15) is 19.3 Å². The number of ether oxygens (including phenoxy) is 2. The first-order valence-electron chi connectivity index (χ1n) is 6.87. The van der Waals surface area contributed by atoms with Crippen molar-refractivity contribution < 1.29 is 31.8 Å². The number of rotatable bonds is 6. The molecule has 0 spiro atoms. The van der Waals surface area contributed by atoms with Gasteiger partial charge in [0.1, 0.15) is 0 Å². The highest BCUT2D eigenvalue weighted by molar-refractivity contribution is 5.90. The SMILES string of the molecule is COCC1(NC(=O)Nc2cc(F)c(OC(F)F)cc2F)CCC1. The molecular formula is C14H16F4N2O3. The van der Waals surface area contributed by atoms with E-state index >= 15 is 0 Å². The fourth-order valence-corrected chi connectivity index (χ4v) is 2.39. The summed E-state index contributed by atoms with van der Waals surface area (Å²) in [7, 11) is 1.50. The lowest BCUT2D eigenvalue weighted by Gasteiger charge is -2.41. The van der Waals surface area contributed by atoms with Crippen LogP contribution >= 0.6 is 0 Å². The van der Waals surface area contributed by atoms with E-state index in [-0.39, 0.29) is 0 Å². The maximum absolute atomic E-state index is 13.8. The summed E-state index contributed by atoms with van der Waals surface area (Å²) in [5, 5.41) is 4.81. The number of hydrogen-bond donors (Lipinski definition) is 2. The Morgan fingerprint density at radius 2 is 2.00 bits per heavy atom. The van der Waals surface area contributed by atoms with Crippen LogP contribution in [0.3, 0.4) is 0 Å². The lowest BCUT2D eigenvalue weighted by molar-refractivity contribution is -0.0523. The molecule has 0 bridgehead atoms. The minimum absolute atomic E-state index is 0.304. The number of alkyl halides is 2. The van der Waals surface area contributed by atoms with Crippen molar-refractivity contribution in [2.24, 2.45) is 0 Å². The summed E-state index contributed by atoms with van der Waals surface area (Å²) >= 11 is 0. The summed E-state index contributed by atoms with van der Waals surface area (Å²) in [6.45, 7) is -2.98. The van der Waals surface area contributed by atoms with Gasteiger partial charge < -0.3 is 20.1 Å². The van der Waals surface area contributed by atoms with Crippen molar-refractivity contribution in [3.05, 3.63) is 23.8 Å². The molecule has 2 amide bonds. The van der Waals surface area contributed by atoms with E-state index in [2.05, 4.69) is 15.4 Å². The van der Waals surface area contributed by atoms with E-state index in [0.717, 1.165) is 6.42 Å². The molecule has 0 aliphatic heterocycles. The molecule has 0 saturated heterocycles. The number of carbonyl (C=O) groups excluding carboxylic acids is 1. The number of nitrogens with one attached hydrogen (secondary N) is 2. The normalized spacial score (nSPS) is 15.9. The number of urea groups is 1. The first-order chi connectivity index (χ1) is 10.8. The van der Waals surface area contributed by atoms with Crippen LogP contribution in [0.2, 0.25) is 0 Å². The van der Waals surface area contributed by atoms with Gasteiger partial charge in [0.05, 0.1) is 17.8 Å². The average Bonchev–Trinajstić information content (AvgIpc) is 2.41. The topological polar surface area (TPSA) is 59.6 Å². The predicted molar refractivity (Wildman–Crippen MR) is 73.6 cm³/mol. The zero-order chi connectivity index (χ0) is 17.0. The summed E-state index contributed by atoms with van der Waals surface area (Å²) < 4.78 is 60.3. The molecule has 0 atom stereocenters. The lowest BCUT2D eigenvalue weighted by Crippen LogP contribution is -2.57. The Kier molecular flexibility index (Phi) is 5.30. The van der Waals surface area contributed by atoms with Crippen LogP contribution in [0.5, 0.6) is 5.75 Å². The Morgan fingerprint density at radius 1 is 1.30 bits per heavy atom. The Bertz CT molecular complexity index is 579. The largest absolute Gasteiger partial charge is 0.432 e. The van der Waals surface area contributed by atoms with Crippen LogP contribution in [0.25, 0.3) is 0 Å². The predicted octanol–water partition coefficient (Wildman–Crippen LogP) is 3.26. The molecule has 1 aliphatic rings. The average molecular weight is 336 g/mol. The van der Waals surface area contributed by atoms with Gasteiger partial charge in [-0.05, 0) is 19.3 Å². The number of methoxy groups -OCH3 is 1. The maximum Gasteiger partial charge on any atom is 0.387 e. The van der Waals surface area contributed by atoms with Crippen LogP contribution < -0.4 is 15.4 Å². The van der Waals surface area contributed by atoms with Gasteiger partial charge in [-0.3, -0.25) is 0 Å². The van der Waals surface area contributed by atoms with Crippen LogP contribution in [0, 0.1) is 11.6 Å². The molecule has 1 aliphatic carbocycles. The first-order valence-corrected chi connectivity index (χ1v) is 6.87. The fraction of sp³-hybridized carbons (Fsp3) is 0.500. The van der Waals surface area contributed by atoms with E-state index in [1.54, 1.807) is 0 Å². The second kappa shape index (κ2) is 7.03. The Morgan fingerprint density at radius 3 is 2.52 bits per heavy atom. The van der Waals surface area contributed by atoms with Gasteiger partial charge >= 0.3 is 12.6 Å². The van der Waals surface area contributed by atoms with Gasteiger partial charge in [0.25, 0.3) is 0 Å². The number of carbonyl (C=O) groups is 1. The molecule has 1 aromatic carbocycles.